The third-order valence-electron chi connectivity index (χ3n) is 9.07. The Morgan fingerprint density at radius 3 is 1.84 bits per heavy atom. The molecule has 6 aromatic carbocycles. The summed E-state index contributed by atoms with van der Waals surface area (Å²) >= 11 is 0. The van der Waals surface area contributed by atoms with Gasteiger partial charge in [0.1, 0.15) is 0 Å². The molecule has 0 radical (unpaired) electrons. The first-order valence-corrected chi connectivity index (χ1v) is 15.0. The number of carbonyl (C=O) groups is 1. The Balaban J connectivity index is 1.34. The van der Waals surface area contributed by atoms with Gasteiger partial charge in [-0.05, 0) is 90.5 Å². The highest BCUT2D eigenvalue weighted by Gasteiger charge is 2.35. The Labute approximate surface area is 253 Å². The van der Waals surface area contributed by atoms with Crippen molar-refractivity contribution >= 4 is 27.5 Å². The lowest BCUT2D eigenvalue weighted by atomic mass is 9.80. The molecule has 0 heterocycles. The number of hydrogen-bond acceptors (Lipinski definition) is 2. The van der Waals surface area contributed by atoms with Gasteiger partial charge in [-0.3, -0.25) is 0 Å². The normalized spacial score (nSPS) is 13.1. The van der Waals surface area contributed by atoms with Gasteiger partial charge < -0.3 is 4.74 Å². The van der Waals surface area contributed by atoms with Crippen molar-refractivity contribution in [1.82, 2.24) is 0 Å². The topological polar surface area (TPSA) is 26.3 Å². The van der Waals surface area contributed by atoms with Crippen molar-refractivity contribution in [2.75, 3.05) is 6.61 Å². The number of aryl methyl sites for hydroxylation is 1. The molecular weight excluding hydrogens is 524 g/mol. The van der Waals surface area contributed by atoms with Crippen molar-refractivity contribution < 1.29 is 9.53 Å². The molecular formula is C41H34O2. The molecule has 0 saturated heterocycles. The number of carbonyl (C=O) groups excluding carboxylic acids is 1. The second kappa shape index (κ2) is 10.7. The monoisotopic (exact) mass is 558 g/mol. The summed E-state index contributed by atoms with van der Waals surface area (Å²) in [6.45, 7) is 8.54. The average Bonchev–Trinajstić information content (AvgIpc) is 3.28. The highest BCUT2D eigenvalue weighted by atomic mass is 16.5. The maximum Gasteiger partial charge on any atom is 0.330 e. The van der Waals surface area contributed by atoms with Gasteiger partial charge >= 0.3 is 5.97 Å². The van der Waals surface area contributed by atoms with E-state index in [-0.39, 0.29) is 11.4 Å². The van der Waals surface area contributed by atoms with Crippen molar-refractivity contribution in [3.8, 4) is 33.4 Å². The Morgan fingerprint density at radius 2 is 1.21 bits per heavy atom. The molecule has 7 rings (SSSR count). The van der Waals surface area contributed by atoms with Crippen LogP contribution in [0.5, 0.6) is 0 Å². The molecule has 2 nitrogen and oxygen atoms in total. The maximum atomic E-state index is 11.3. The minimum Gasteiger partial charge on any atom is -0.463 e. The van der Waals surface area contributed by atoms with Crippen molar-refractivity contribution in [3.05, 3.63) is 145 Å². The first-order chi connectivity index (χ1) is 21.0. The van der Waals surface area contributed by atoms with Crippen LogP contribution in [0.1, 0.15) is 37.0 Å². The number of ether oxygens (including phenoxy) is 1. The summed E-state index contributed by atoms with van der Waals surface area (Å²) in [6, 6.07) is 42.4. The van der Waals surface area contributed by atoms with Crippen LogP contribution in [0.2, 0.25) is 0 Å². The van der Waals surface area contributed by atoms with Crippen LogP contribution in [0.15, 0.2) is 128 Å². The lowest BCUT2D eigenvalue weighted by molar-refractivity contribution is -0.137. The van der Waals surface area contributed by atoms with Crippen LogP contribution >= 0.6 is 0 Å². The van der Waals surface area contributed by atoms with Crippen molar-refractivity contribution in [2.45, 2.75) is 32.1 Å². The highest BCUT2D eigenvalue weighted by molar-refractivity contribution is 6.21. The van der Waals surface area contributed by atoms with E-state index in [1.807, 2.05) is 0 Å². The summed E-state index contributed by atoms with van der Waals surface area (Å²) in [5, 5.41) is 5.03. The summed E-state index contributed by atoms with van der Waals surface area (Å²) in [5.41, 5.74) is 11.6. The number of rotatable bonds is 7. The molecule has 0 aliphatic heterocycles. The third-order valence-corrected chi connectivity index (χ3v) is 9.07. The van der Waals surface area contributed by atoms with E-state index in [1.54, 1.807) is 0 Å². The number of benzene rings is 6. The van der Waals surface area contributed by atoms with Gasteiger partial charge in [0.15, 0.2) is 0 Å². The van der Waals surface area contributed by atoms with E-state index in [2.05, 4.69) is 136 Å². The number of hydrogen-bond donors (Lipinski definition) is 0. The van der Waals surface area contributed by atoms with Gasteiger partial charge in [-0.1, -0.05) is 130 Å². The smallest absolute Gasteiger partial charge is 0.330 e. The van der Waals surface area contributed by atoms with E-state index in [1.165, 1.54) is 77.7 Å². The zero-order valence-electron chi connectivity index (χ0n) is 24.7. The van der Waals surface area contributed by atoms with Crippen LogP contribution in [-0.2, 0) is 21.4 Å². The third kappa shape index (κ3) is 4.55. The lowest BCUT2D eigenvalue weighted by Crippen LogP contribution is -2.14. The summed E-state index contributed by atoms with van der Waals surface area (Å²) in [6.07, 6.45) is 2.84. The molecule has 0 N–H and O–H groups in total. The molecule has 210 valence electrons. The molecule has 0 saturated carbocycles. The molecule has 0 fully saturated rings. The van der Waals surface area contributed by atoms with Gasteiger partial charge in [0.2, 0.25) is 0 Å². The van der Waals surface area contributed by atoms with Crippen LogP contribution in [0.3, 0.4) is 0 Å². The fourth-order valence-corrected chi connectivity index (χ4v) is 6.96. The second-order valence-corrected chi connectivity index (χ2v) is 11.9. The van der Waals surface area contributed by atoms with E-state index < -0.39 is 0 Å². The molecule has 1 aliphatic rings. The van der Waals surface area contributed by atoms with E-state index in [0.29, 0.717) is 6.61 Å². The molecule has 2 heteroatoms. The SMILES string of the molecule is C=CC(=O)OCCCc1ccc(-c2c3ccccc3c(-c3ccc4c(c3)C(C)(C)c3ccccc3-4)c3ccccc23)cc1. The first-order valence-electron chi connectivity index (χ1n) is 15.0. The second-order valence-electron chi connectivity index (χ2n) is 11.9. The molecule has 0 atom stereocenters. The number of esters is 1. The van der Waals surface area contributed by atoms with Gasteiger partial charge in [0, 0.05) is 11.5 Å². The molecule has 0 unspecified atom stereocenters. The fraction of sp³-hybridized carbons (Fsp3) is 0.146. The van der Waals surface area contributed by atoms with Crippen LogP contribution in [0, 0.1) is 0 Å². The van der Waals surface area contributed by atoms with Crippen LogP contribution in [-0.4, -0.2) is 12.6 Å². The molecule has 0 spiro atoms. The predicted octanol–water partition coefficient (Wildman–Crippen LogP) is 10.3. The lowest BCUT2D eigenvalue weighted by Gasteiger charge is -2.23. The van der Waals surface area contributed by atoms with Crippen LogP contribution in [0.25, 0.3) is 54.9 Å². The molecule has 6 aromatic rings. The molecule has 0 aromatic heterocycles. The summed E-state index contributed by atoms with van der Waals surface area (Å²) in [4.78, 5) is 11.3. The zero-order valence-corrected chi connectivity index (χ0v) is 24.7. The van der Waals surface area contributed by atoms with Gasteiger partial charge in [-0.25, -0.2) is 4.79 Å². The number of fused-ring (bicyclic) bond motifs is 5. The first kappa shape index (κ1) is 26.9. The summed E-state index contributed by atoms with van der Waals surface area (Å²) in [5.74, 6) is -0.369. The minimum atomic E-state index is -0.369. The average molecular weight is 559 g/mol. The summed E-state index contributed by atoms with van der Waals surface area (Å²) < 4.78 is 5.15. The predicted molar refractivity (Wildman–Crippen MR) is 179 cm³/mol. The van der Waals surface area contributed by atoms with E-state index >= 15 is 0 Å². The maximum absolute atomic E-state index is 11.3. The largest absolute Gasteiger partial charge is 0.463 e. The zero-order chi connectivity index (χ0) is 29.6. The minimum absolute atomic E-state index is 0.0530. The highest BCUT2D eigenvalue weighted by Crippen LogP contribution is 2.51. The van der Waals surface area contributed by atoms with Gasteiger partial charge in [-0.15, -0.1) is 0 Å². The van der Waals surface area contributed by atoms with Gasteiger partial charge in [0.25, 0.3) is 0 Å². The van der Waals surface area contributed by atoms with Crippen LogP contribution in [0.4, 0.5) is 0 Å². The Kier molecular flexibility index (Phi) is 6.70. The Bertz CT molecular complexity index is 1970. The van der Waals surface area contributed by atoms with Crippen LogP contribution < -0.4 is 0 Å². The van der Waals surface area contributed by atoms with Gasteiger partial charge in [-0.2, -0.15) is 0 Å². The summed E-state index contributed by atoms with van der Waals surface area (Å²) in [7, 11) is 0. The molecule has 0 bridgehead atoms. The Hall–Kier alpha value is -4.95. The van der Waals surface area contributed by atoms with Crippen molar-refractivity contribution in [1.29, 1.82) is 0 Å². The fourth-order valence-electron chi connectivity index (χ4n) is 6.96. The molecule has 43 heavy (non-hydrogen) atoms. The Morgan fingerprint density at radius 1 is 0.674 bits per heavy atom. The van der Waals surface area contributed by atoms with E-state index in [0.717, 1.165) is 12.8 Å². The quantitative estimate of drug-likeness (QED) is 0.0843. The molecule has 0 amide bonds. The van der Waals surface area contributed by atoms with E-state index in [4.69, 9.17) is 4.74 Å². The van der Waals surface area contributed by atoms with Gasteiger partial charge in [0.05, 0.1) is 6.61 Å². The molecule has 1 aliphatic carbocycles. The standard InChI is InChI=1S/C41H34O2/c1-4-38(42)43-25-11-12-27-19-21-28(22-20-27)39-32-14-5-7-16-34(32)40(35-17-8-6-15-33(35)39)29-23-24-31-30-13-9-10-18-36(30)41(2,3)37(31)26-29/h4-10,13-24,26H,1,11-12,25H2,2-3H3. The van der Waals surface area contributed by atoms with Crippen molar-refractivity contribution in [3.63, 3.8) is 0 Å². The van der Waals surface area contributed by atoms with Crippen molar-refractivity contribution in [2.24, 2.45) is 0 Å². The van der Waals surface area contributed by atoms with E-state index in [9.17, 15) is 4.79 Å².